The molecule has 0 aliphatic carbocycles. The molecule has 3 aromatic heterocycles. The van der Waals surface area contributed by atoms with Crippen LogP contribution in [0.2, 0.25) is 0 Å². The average molecular weight is 391 g/mol. The molecule has 2 N–H and O–H groups in total. The minimum atomic E-state index is 0.315. The number of aromatic amines is 1. The van der Waals surface area contributed by atoms with Gasteiger partial charge in [-0.05, 0) is 54.6 Å². The molecule has 1 fully saturated rings. The minimum Gasteiger partial charge on any atom is -0.361 e. The van der Waals surface area contributed by atoms with E-state index in [-0.39, 0.29) is 0 Å². The van der Waals surface area contributed by atoms with Crippen molar-refractivity contribution in [1.29, 1.82) is 0 Å². The smallest absolute Gasteiger partial charge is 0.229 e. The number of hydrogen-bond acceptors (Lipinski definition) is 6. The molecule has 28 heavy (non-hydrogen) atoms. The Kier molecular flexibility index (Phi) is 4.76. The van der Waals surface area contributed by atoms with Crippen LogP contribution in [0.3, 0.4) is 0 Å². The van der Waals surface area contributed by atoms with E-state index in [9.17, 15) is 0 Å². The third kappa shape index (κ3) is 3.63. The largest absolute Gasteiger partial charge is 0.361 e. The molecule has 0 radical (unpaired) electrons. The molecule has 1 unspecified atom stereocenters. The fourth-order valence-electron chi connectivity index (χ4n) is 3.95. The summed E-state index contributed by atoms with van der Waals surface area (Å²) in [4.78, 5) is 19.2. The van der Waals surface area contributed by atoms with Crippen LogP contribution in [0, 0.1) is 0 Å². The number of piperidine rings is 1. The Morgan fingerprint density at radius 3 is 3.07 bits per heavy atom. The second-order valence-corrected chi connectivity index (χ2v) is 8.04. The second kappa shape index (κ2) is 7.69. The molecule has 1 aliphatic heterocycles. The highest BCUT2D eigenvalue weighted by molar-refractivity contribution is 7.13. The summed E-state index contributed by atoms with van der Waals surface area (Å²) in [6.07, 6.45) is 9.21. The van der Waals surface area contributed by atoms with Gasteiger partial charge in [0.15, 0.2) is 5.13 Å². The SMILES string of the molecule is c1cc(C2CCCCN2Cc2ccc3[nH]ccc3c2)nc(Nc2nccs2)n1. The predicted molar refractivity (Wildman–Crippen MR) is 113 cm³/mol. The molecular formula is C21H22N6S. The van der Waals surface area contributed by atoms with Crippen LogP contribution in [0.5, 0.6) is 0 Å². The first-order chi connectivity index (χ1) is 13.8. The third-order valence-corrected chi connectivity index (χ3v) is 5.98. The molecule has 4 aromatic rings. The lowest BCUT2D eigenvalue weighted by molar-refractivity contribution is 0.137. The summed E-state index contributed by atoms with van der Waals surface area (Å²) >= 11 is 1.55. The van der Waals surface area contributed by atoms with Crippen LogP contribution in [0.15, 0.2) is 54.3 Å². The lowest BCUT2D eigenvalue weighted by Crippen LogP contribution is -2.33. The van der Waals surface area contributed by atoms with Gasteiger partial charge in [-0.1, -0.05) is 12.5 Å². The molecule has 0 amide bonds. The standard InChI is InChI=1S/C21H22N6S/c1-2-11-27(14-15-4-5-17-16(13-15)6-8-22-17)19(3-1)18-7-9-23-20(25-18)26-21-24-10-12-28-21/h4-10,12-13,19,22H,1-3,11,14H2,(H,23,24,25,26). The molecule has 0 saturated carbocycles. The number of aromatic nitrogens is 4. The van der Waals surface area contributed by atoms with E-state index in [4.69, 9.17) is 4.98 Å². The zero-order valence-electron chi connectivity index (χ0n) is 15.5. The van der Waals surface area contributed by atoms with Crippen LogP contribution in [-0.2, 0) is 6.54 Å². The Morgan fingerprint density at radius 2 is 2.14 bits per heavy atom. The van der Waals surface area contributed by atoms with Gasteiger partial charge in [0.1, 0.15) is 0 Å². The first-order valence-electron chi connectivity index (χ1n) is 9.65. The number of likely N-dealkylation sites (tertiary alicyclic amines) is 1. The van der Waals surface area contributed by atoms with Crippen molar-refractivity contribution in [3.63, 3.8) is 0 Å². The zero-order valence-corrected chi connectivity index (χ0v) is 16.3. The van der Waals surface area contributed by atoms with E-state index in [1.165, 1.54) is 29.3 Å². The van der Waals surface area contributed by atoms with E-state index in [1.807, 2.05) is 23.8 Å². The van der Waals surface area contributed by atoms with Crippen molar-refractivity contribution in [2.24, 2.45) is 0 Å². The molecule has 6 nitrogen and oxygen atoms in total. The number of hydrogen-bond donors (Lipinski definition) is 2. The Labute approximate surface area is 167 Å². The van der Waals surface area contributed by atoms with Gasteiger partial charge in [-0.15, -0.1) is 11.3 Å². The van der Waals surface area contributed by atoms with Gasteiger partial charge < -0.3 is 10.3 Å². The summed E-state index contributed by atoms with van der Waals surface area (Å²) in [6, 6.07) is 11.2. The molecule has 5 rings (SSSR count). The Bertz CT molecular complexity index is 1060. The molecule has 0 bridgehead atoms. The molecule has 1 saturated heterocycles. The molecule has 142 valence electrons. The summed E-state index contributed by atoms with van der Waals surface area (Å²) in [5.74, 6) is 0.617. The van der Waals surface area contributed by atoms with Gasteiger partial charge in [0, 0.05) is 36.0 Å². The molecule has 1 atom stereocenters. The van der Waals surface area contributed by atoms with Gasteiger partial charge in [0.05, 0.1) is 11.7 Å². The van der Waals surface area contributed by atoms with E-state index in [1.54, 1.807) is 17.5 Å². The van der Waals surface area contributed by atoms with E-state index < -0.39 is 0 Å². The highest BCUT2D eigenvalue weighted by Crippen LogP contribution is 2.32. The van der Waals surface area contributed by atoms with Crippen LogP contribution < -0.4 is 5.32 Å². The zero-order chi connectivity index (χ0) is 18.8. The van der Waals surface area contributed by atoms with Crippen molar-refractivity contribution >= 4 is 33.3 Å². The van der Waals surface area contributed by atoms with Crippen molar-refractivity contribution in [2.75, 3.05) is 11.9 Å². The fraction of sp³-hybridized carbons (Fsp3) is 0.286. The van der Waals surface area contributed by atoms with Gasteiger partial charge in [-0.3, -0.25) is 4.90 Å². The first kappa shape index (κ1) is 17.3. The van der Waals surface area contributed by atoms with Gasteiger partial charge in [0.25, 0.3) is 0 Å². The summed E-state index contributed by atoms with van der Waals surface area (Å²) in [6.45, 7) is 2.03. The van der Waals surface area contributed by atoms with Crippen LogP contribution in [0.1, 0.15) is 36.6 Å². The molecular weight excluding hydrogens is 368 g/mol. The lowest BCUT2D eigenvalue weighted by atomic mass is 9.98. The Morgan fingerprint density at radius 1 is 1.14 bits per heavy atom. The topological polar surface area (TPSA) is 69.7 Å². The van der Waals surface area contributed by atoms with Crippen molar-refractivity contribution in [2.45, 2.75) is 31.8 Å². The third-order valence-electron chi connectivity index (χ3n) is 5.29. The van der Waals surface area contributed by atoms with E-state index in [0.717, 1.165) is 30.3 Å². The maximum atomic E-state index is 4.80. The second-order valence-electron chi connectivity index (χ2n) is 7.15. The van der Waals surface area contributed by atoms with Gasteiger partial charge in [-0.25, -0.2) is 15.0 Å². The monoisotopic (exact) mass is 390 g/mol. The first-order valence-corrected chi connectivity index (χ1v) is 10.5. The Hall–Kier alpha value is -2.77. The normalized spacial score (nSPS) is 17.8. The Balaban J connectivity index is 1.37. The van der Waals surface area contributed by atoms with Crippen molar-refractivity contribution in [3.8, 4) is 0 Å². The van der Waals surface area contributed by atoms with Gasteiger partial charge in [0.2, 0.25) is 5.95 Å². The van der Waals surface area contributed by atoms with E-state index in [2.05, 4.69) is 49.4 Å². The van der Waals surface area contributed by atoms with E-state index >= 15 is 0 Å². The summed E-state index contributed by atoms with van der Waals surface area (Å²) in [5.41, 5.74) is 3.61. The summed E-state index contributed by atoms with van der Waals surface area (Å²) in [5, 5.41) is 7.23. The molecule has 0 spiro atoms. The molecule has 1 aliphatic rings. The number of fused-ring (bicyclic) bond motifs is 1. The minimum absolute atomic E-state index is 0.315. The maximum absolute atomic E-state index is 4.80. The number of nitrogens with one attached hydrogen (secondary N) is 2. The average Bonchev–Trinajstić information content (AvgIpc) is 3.40. The van der Waals surface area contributed by atoms with Crippen LogP contribution in [0.25, 0.3) is 10.9 Å². The van der Waals surface area contributed by atoms with Gasteiger partial charge in [-0.2, -0.15) is 0 Å². The summed E-state index contributed by atoms with van der Waals surface area (Å²) in [7, 11) is 0. The van der Waals surface area contributed by atoms with Crippen LogP contribution in [-0.4, -0.2) is 31.4 Å². The lowest BCUT2D eigenvalue weighted by Gasteiger charge is -2.35. The number of H-pyrrole nitrogens is 1. The van der Waals surface area contributed by atoms with Crippen molar-refractivity contribution in [1.82, 2.24) is 24.8 Å². The number of benzene rings is 1. The van der Waals surface area contributed by atoms with Crippen molar-refractivity contribution < 1.29 is 0 Å². The van der Waals surface area contributed by atoms with Crippen LogP contribution >= 0.6 is 11.3 Å². The fourth-order valence-corrected chi connectivity index (χ4v) is 4.47. The molecule has 4 heterocycles. The quantitative estimate of drug-likeness (QED) is 0.508. The number of rotatable bonds is 5. The number of nitrogens with zero attached hydrogens (tertiary/aromatic N) is 4. The highest BCUT2D eigenvalue weighted by atomic mass is 32.1. The van der Waals surface area contributed by atoms with E-state index in [0.29, 0.717) is 12.0 Å². The maximum Gasteiger partial charge on any atom is 0.229 e. The molecule has 7 heteroatoms. The number of thiazole rings is 1. The van der Waals surface area contributed by atoms with Crippen molar-refractivity contribution in [3.05, 3.63) is 65.6 Å². The summed E-state index contributed by atoms with van der Waals surface area (Å²) < 4.78 is 0. The number of anilines is 2. The highest BCUT2D eigenvalue weighted by Gasteiger charge is 2.25. The molecule has 1 aromatic carbocycles. The predicted octanol–water partition coefficient (Wildman–Crippen LogP) is 4.89. The van der Waals surface area contributed by atoms with Crippen LogP contribution in [0.4, 0.5) is 11.1 Å². The van der Waals surface area contributed by atoms with Gasteiger partial charge >= 0.3 is 0 Å².